The van der Waals surface area contributed by atoms with Gasteiger partial charge in [0.05, 0.1) is 33.8 Å². The molecule has 67 heavy (non-hydrogen) atoms. The predicted octanol–water partition coefficient (Wildman–Crippen LogP) is 15.9. The Morgan fingerprint density at radius 2 is 0.910 bits per heavy atom. The molecule has 1 amide bonds. The highest BCUT2D eigenvalue weighted by Gasteiger charge is 2.27. The van der Waals surface area contributed by atoms with E-state index < -0.39 is 26.6 Å². The number of unbranched alkanes of at least 4 members (excludes halogenated alkanes) is 29. The highest BCUT2D eigenvalue weighted by Crippen LogP contribution is 2.38. The van der Waals surface area contributed by atoms with E-state index in [2.05, 4.69) is 62.5 Å². The molecule has 0 rings (SSSR count). The van der Waals surface area contributed by atoms with Crippen LogP contribution in [-0.4, -0.2) is 69.4 Å². The summed E-state index contributed by atoms with van der Waals surface area (Å²) < 4.78 is 30.2. The molecule has 10 heteroatoms. The number of likely N-dealkylation sites (N-methyl/N-ethyl adjacent to an activating group) is 1. The van der Waals surface area contributed by atoms with Gasteiger partial charge in [0.15, 0.2) is 0 Å². The molecular formula is C57H107N2O7P. The number of carbonyl (C=O) groups excluding carboxylic acids is 2. The van der Waals surface area contributed by atoms with E-state index in [-0.39, 0.29) is 24.9 Å². The first-order valence-corrected chi connectivity index (χ1v) is 29.4. The standard InChI is InChI=1S/C57H107N2O7P/c1-7-10-13-16-19-22-25-27-29-31-34-37-40-43-46-49-56(60)58-54(53-65-67(62,63)64-52-51-59(4,5)6)55(48-45-42-39-36-33-24-21-18-15-12-9-3)66-57(61)50-47-44-41-38-35-32-30-28-26-23-20-17-14-11-8-2/h20,22-23,25-26,28,45,48,54-55H,7-19,21,24,27,29-44,46-47,49-53H2,1-6H3,(H-,58,60,62,63)/b23-20+,25-22-,28-26+,48-45+. The summed E-state index contributed by atoms with van der Waals surface area (Å²) in [6.45, 7) is 6.78. The number of amides is 1. The molecule has 0 bridgehead atoms. The zero-order chi connectivity index (χ0) is 49.4. The minimum atomic E-state index is -4.69. The second-order valence-corrected chi connectivity index (χ2v) is 21.5. The van der Waals surface area contributed by atoms with Crippen LogP contribution in [0.25, 0.3) is 0 Å². The van der Waals surface area contributed by atoms with Crippen molar-refractivity contribution < 1.29 is 37.3 Å². The molecule has 0 fully saturated rings. The molecule has 1 N–H and O–H groups in total. The lowest BCUT2D eigenvalue weighted by Crippen LogP contribution is -2.47. The number of hydrogen-bond acceptors (Lipinski definition) is 7. The van der Waals surface area contributed by atoms with Gasteiger partial charge in [-0.3, -0.25) is 14.2 Å². The molecule has 3 unspecified atom stereocenters. The molecule has 392 valence electrons. The second kappa shape index (κ2) is 47.6. The van der Waals surface area contributed by atoms with Crippen LogP contribution in [0.15, 0.2) is 48.6 Å². The minimum absolute atomic E-state index is 0.0253. The maximum absolute atomic E-state index is 13.4. The Morgan fingerprint density at radius 3 is 1.40 bits per heavy atom. The fourth-order valence-electron chi connectivity index (χ4n) is 7.86. The molecule has 9 nitrogen and oxygen atoms in total. The molecule has 0 heterocycles. The van der Waals surface area contributed by atoms with Gasteiger partial charge in [-0.25, -0.2) is 0 Å². The van der Waals surface area contributed by atoms with Crippen molar-refractivity contribution in [2.24, 2.45) is 0 Å². The summed E-state index contributed by atoms with van der Waals surface area (Å²) in [4.78, 5) is 39.8. The smallest absolute Gasteiger partial charge is 0.306 e. The Morgan fingerprint density at radius 1 is 0.522 bits per heavy atom. The molecule has 0 aromatic carbocycles. The van der Waals surface area contributed by atoms with Crippen LogP contribution in [0.3, 0.4) is 0 Å². The molecule has 3 atom stereocenters. The molecule has 0 saturated carbocycles. The predicted molar refractivity (Wildman–Crippen MR) is 284 cm³/mol. The number of nitrogens with zero attached hydrogens (tertiary/aromatic N) is 1. The number of ether oxygens (including phenoxy) is 1. The highest BCUT2D eigenvalue weighted by molar-refractivity contribution is 7.45. The third kappa shape index (κ3) is 48.8. The maximum atomic E-state index is 13.4. The van der Waals surface area contributed by atoms with Gasteiger partial charge in [-0.15, -0.1) is 0 Å². The van der Waals surface area contributed by atoms with Crippen LogP contribution in [-0.2, 0) is 27.9 Å². The van der Waals surface area contributed by atoms with Gasteiger partial charge in [0.25, 0.3) is 7.82 Å². The van der Waals surface area contributed by atoms with Crippen LogP contribution in [0.1, 0.15) is 252 Å². The van der Waals surface area contributed by atoms with Crippen LogP contribution in [0, 0.1) is 0 Å². The van der Waals surface area contributed by atoms with Crippen molar-refractivity contribution in [3.63, 3.8) is 0 Å². The summed E-state index contributed by atoms with van der Waals surface area (Å²) >= 11 is 0. The van der Waals surface area contributed by atoms with E-state index in [0.717, 1.165) is 89.9 Å². The molecule has 0 aliphatic carbocycles. The largest absolute Gasteiger partial charge is 0.756 e. The molecule has 0 aromatic heterocycles. The SMILES string of the molecule is CCCCC/C=C/C=C/CCCCCCCCC(=O)OC(/C=C/CCCCCCCCCCC)C(COP(=O)([O-])OCC[N+](C)(C)C)NC(=O)CCCCCCCCC/C=C\CCCCCC. The third-order valence-electron chi connectivity index (χ3n) is 12.3. The van der Waals surface area contributed by atoms with Crippen molar-refractivity contribution in [2.45, 2.75) is 264 Å². The Bertz CT molecular complexity index is 1290. The van der Waals surface area contributed by atoms with Crippen LogP contribution in [0.2, 0.25) is 0 Å². The molecule has 0 radical (unpaired) electrons. The molecule has 0 aliphatic heterocycles. The highest BCUT2D eigenvalue weighted by atomic mass is 31.2. The van der Waals surface area contributed by atoms with E-state index in [4.69, 9.17) is 13.8 Å². The van der Waals surface area contributed by atoms with Crippen molar-refractivity contribution in [3.05, 3.63) is 48.6 Å². The van der Waals surface area contributed by atoms with E-state index in [1.807, 2.05) is 33.3 Å². The Kier molecular flexibility index (Phi) is 46.2. The van der Waals surface area contributed by atoms with Gasteiger partial charge in [0, 0.05) is 12.8 Å². The van der Waals surface area contributed by atoms with Crippen LogP contribution in [0.4, 0.5) is 0 Å². The quantitative estimate of drug-likeness (QED) is 0.0161. The normalized spacial score (nSPS) is 14.2. The van der Waals surface area contributed by atoms with Crippen molar-refractivity contribution in [1.82, 2.24) is 5.32 Å². The van der Waals surface area contributed by atoms with E-state index >= 15 is 0 Å². The monoisotopic (exact) mass is 963 g/mol. The van der Waals surface area contributed by atoms with Crippen LogP contribution in [0.5, 0.6) is 0 Å². The third-order valence-corrected chi connectivity index (χ3v) is 13.2. The van der Waals surface area contributed by atoms with E-state index in [9.17, 15) is 19.0 Å². The second-order valence-electron chi connectivity index (χ2n) is 20.1. The molecule has 0 aliphatic rings. The minimum Gasteiger partial charge on any atom is -0.756 e. The molecule has 0 saturated heterocycles. The molecular weight excluding hydrogens is 856 g/mol. The summed E-state index contributed by atoms with van der Waals surface area (Å²) in [5, 5.41) is 3.01. The van der Waals surface area contributed by atoms with Gasteiger partial charge in [-0.1, -0.05) is 205 Å². The van der Waals surface area contributed by atoms with Crippen molar-refractivity contribution in [3.8, 4) is 0 Å². The lowest BCUT2D eigenvalue weighted by Gasteiger charge is -2.30. The summed E-state index contributed by atoms with van der Waals surface area (Å²) in [5.74, 6) is -0.558. The number of nitrogens with one attached hydrogen (secondary N) is 1. The van der Waals surface area contributed by atoms with Crippen molar-refractivity contribution in [1.29, 1.82) is 0 Å². The number of allylic oxidation sites excluding steroid dienone is 7. The maximum Gasteiger partial charge on any atom is 0.306 e. The Hall–Kier alpha value is -2.03. The number of phosphoric acid groups is 1. The zero-order valence-corrected chi connectivity index (χ0v) is 45.5. The van der Waals surface area contributed by atoms with Gasteiger partial charge >= 0.3 is 5.97 Å². The first-order valence-electron chi connectivity index (χ1n) is 28.0. The Labute approximate surface area is 414 Å². The summed E-state index contributed by atoms with van der Waals surface area (Å²) in [6, 6.07) is -0.893. The van der Waals surface area contributed by atoms with Gasteiger partial charge in [-0.2, -0.15) is 0 Å². The van der Waals surface area contributed by atoms with Gasteiger partial charge < -0.3 is 28.5 Å². The lowest BCUT2D eigenvalue weighted by atomic mass is 10.1. The van der Waals surface area contributed by atoms with Gasteiger partial charge in [0.1, 0.15) is 19.3 Å². The molecule has 0 spiro atoms. The average Bonchev–Trinajstić information content (AvgIpc) is 3.28. The summed E-state index contributed by atoms with van der Waals surface area (Å²) in [6.07, 6.45) is 56.4. The fraction of sp³-hybridized carbons (Fsp3) is 0.825. The average molecular weight is 963 g/mol. The number of carbonyl (C=O) groups is 2. The number of phosphoric ester groups is 1. The summed E-state index contributed by atoms with van der Waals surface area (Å²) in [7, 11) is 1.17. The van der Waals surface area contributed by atoms with Gasteiger partial charge in [0.2, 0.25) is 5.91 Å². The zero-order valence-electron chi connectivity index (χ0n) is 44.6. The van der Waals surface area contributed by atoms with E-state index in [1.165, 1.54) is 128 Å². The van der Waals surface area contributed by atoms with Crippen molar-refractivity contribution in [2.75, 3.05) is 40.9 Å². The first kappa shape index (κ1) is 65.0. The number of quaternary nitrogens is 1. The topological polar surface area (TPSA) is 114 Å². The number of esters is 1. The van der Waals surface area contributed by atoms with E-state index in [1.54, 1.807) is 0 Å². The van der Waals surface area contributed by atoms with Crippen LogP contribution >= 0.6 is 7.82 Å². The summed E-state index contributed by atoms with van der Waals surface area (Å²) in [5.41, 5.74) is 0. The number of hydrogen-bond donors (Lipinski definition) is 1. The van der Waals surface area contributed by atoms with Crippen LogP contribution < -0.4 is 10.2 Å². The fourth-order valence-corrected chi connectivity index (χ4v) is 8.58. The van der Waals surface area contributed by atoms with Gasteiger partial charge in [-0.05, 0) is 83.1 Å². The first-order chi connectivity index (χ1) is 32.4. The number of rotatable bonds is 50. The molecule has 0 aromatic rings. The lowest BCUT2D eigenvalue weighted by molar-refractivity contribution is -0.870. The Balaban J connectivity index is 5.37. The van der Waals surface area contributed by atoms with E-state index in [0.29, 0.717) is 17.4 Å². The van der Waals surface area contributed by atoms with Crippen molar-refractivity contribution >= 4 is 19.7 Å².